The maximum Gasteiger partial charge on any atom is 0.163 e. The molecule has 0 bridgehead atoms. The third-order valence-electron chi connectivity index (χ3n) is 3.16. The van der Waals surface area contributed by atoms with E-state index in [-0.39, 0.29) is 13.2 Å². The van der Waals surface area contributed by atoms with Crippen molar-refractivity contribution in [1.29, 1.82) is 0 Å². The van der Waals surface area contributed by atoms with Crippen LogP contribution >= 0.6 is 0 Å². The van der Waals surface area contributed by atoms with Crippen LogP contribution < -0.4 is 0 Å². The van der Waals surface area contributed by atoms with E-state index in [2.05, 4.69) is 0 Å². The van der Waals surface area contributed by atoms with Crippen LogP contribution in [0.1, 0.15) is 13.8 Å². The van der Waals surface area contributed by atoms with E-state index in [9.17, 15) is 10.2 Å². The average molecular weight is 264 g/mol. The van der Waals surface area contributed by atoms with E-state index in [0.29, 0.717) is 13.2 Å². The quantitative estimate of drug-likeness (QED) is 0.793. The van der Waals surface area contributed by atoms with Crippen molar-refractivity contribution in [3.63, 3.8) is 0 Å². The highest BCUT2D eigenvalue weighted by Gasteiger charge is 2.24. The lowest BCUT2D eigenvalue weighted by molar-refractivity contribution is -0.197. The van der Waals surface area contributed by atoms with Crippen LogP contribution in [0.2, 0.25) is 0 Å². The molecule has 0 fully saturated rings. The number of aliphatic hydroxyl groups is 2. The molecule has 4 nitrogen and oxygen atoms in total. The van der Waals surface area contributed by atoms with E-state index in [1.807, 2.05) is 38.2 Å². The van der Waals surface area contributed by atoms with Crippen LogP contribution in [-0.4, -0.2) is 42.4 Å². The smallest absolute Gasteiger partial charge is 0.163 e. The first-order chi connectivity index (χ1) is 9.04. The van der Waals surface area contributed by atoms with E-state index in [4.69, 9.17) is 9.47 Å². The van der Waals surface area contributed by atoms with Crippen LogP contribution in [-0.2, 0) is 9.47 Å². The summed E-state index contributed by atoms with van der Waals surface area (Å²) in [4.78, 5) is 0. The zero-order valence-electron chi connectivity index (χ0n) is 11.3. The Labute approximate surface area is 113 Å². The van der Waals surface area contributed by atoms with E-state index >= 15 is 0 Å². The summed E-state index contributed by atoms with van der Waals surface area (Å²) in [6.45, 7) is 4.51. The molecule has 0 saturated heterocycles. The minimum atomic E-state index is -0.630. The number of hydrogen-bond donors (Lipinski definition) is 2. The van der Waals surface area contributed by atoms with E-state index in [0.717, 1.165) is 22.3 Å². The maximum absolute atomic E-state index is 9.33. The second kappa shape index (κ2) is 5.84. The van der Waals surface area contributed by atoms with Crippen molar-refractivity contribution < 1.29 is 19.7 Å². The minimum Gasteiger partial charge on any atom is -0.392 e. The van der Waals surface area contributed by atoms with Crippen LogP contribution in [0.5, 0.6) is 0 Å². The van der Waals surface area contributed by atoms with Crippen LogP contribution in [0.15, 0.2) is 46.6 Å². The molecule has 0 spiro atoms. The van der Waals surface area contributed by atoms with Gasteiger partial charge >= 0.3 is 0 Å². The van der Waals surface area contributed by atoms with Gasteiger partial charge in [0.2, 0.25) is 0 Å². The number of hydrogen-bond acceptors (Lipinski definition) is 4. The summed E-state index contributed by atoms with van der Waals surface area (Å²) in [6, 6.07) is 0. The number of ether oxygens (including phenoxy) is 2. The summed E-state index contributed by atoms with van der Waals surface area (Å²) < 4.78 is 11.4. The van der Waals surface area contributed by atoms with Crippen molar-refractivity contribution in [3.8, 4) is 0 Å². The molecule has 19 heavy (non-hydrogen) atoms. The lowest BCUT2D eigenvalue weighted by atomic mass is 10.00. The largest absolute Gasteiger partial charge is 0.392 e. The SMILES string of the molecule is CC1(C)OCC2=C(\C=C(CO)/C=C\C(CO)=C/2)CO1. The molecule has 1 aliphatic carbocycles. The van der Waals surface area contributed by atoms with E-state index in [1.165, 1.54) is 0 Å². The fourth-order valence-corrected chi connectivity index (χ4v) is 1.95. The fourth-order valence-electron chi connectivity index (χ4n) is 1.95. The Kier molecular flexibility index (Phi) is 4.37. The Morgan fingerprint density at radius 1 is 0.947 bits per heavy atom. The zero-order valence-corrected chi connectivity index (χ0v) is 11.3. The van der Waals surface area contributed by atoms with Crippen LogP contribution in [0, 0.1) is 0 Å². The third-order valence-corrected chi connectivity index (χ3v) is 3.16. The van der Waals surface area contributed by atoms with Gasteiger partial charge in [0.1, 0.15) is 0 Å². The summed E-state index contributed by atoms with van der Waals surface area (Å²) in [5.74, 6) is -0.630. The van der Waals surface area contributed by atoms with E-state index < -0.39 is 5.79 Å². The van der Waals surface area contributed by atoms with E-state index in [1.54, 1.807) is 0 Å². The lowest BCUT2D eigenvalue weighted by Crippen LogP contribution is -2.27. The first-order valence-corrected chi connectivity index (χ1v) is 6.35. The molecule has 0 saturated carbocycles. The molecule has 0 atom stereocenters. The van der Waals surface area contributed by atoms with Gasteiger partial charge in [-0.3, -0.25) is 0 Å². The highest BCUT2D eigenvalue weighted by Crippen LogP contribution is 2.25. The van der Waals surface area contributed by atoms with Gasteiger partial charge in [0.15, 0.2) is 5.79 Å². The summed E-state index contributed by atoms with van der Waals surface area (Å²) in [7, 11) is 0. The van der Waals surface area contributed by atoms with Crippen molar-refractivity contribution in [2.45, 2.75) is 19.6 Å². The average Bonchev–Trinajstić information content (AvgIpc) is 2.49. The van der Waals surface area contributed by atoms with Crippen LogP contribution in [0.4, 0.5) is 0 Å². The topological polar surface area (TPSA) is 58.9 Å². The maximum atomic E-state index is 9.33. The van der Waals surface area contributed by atoms with Gasteiger partial charge in [-0.2, -0.15) is 0 Å². The predicted molar refractivity (Wildman–Crippen MR) is 72.5 cm³/mol. The fraction of sp³-hybridized carbons (Fsp3) is 0.467. The van der Waals surface area contributed by atoms with Gasteiger partial charge in [-0.15, -0.1) is 0 Å². The van der Waals surface area contributed by atoms with Gasteiger partial charge in [-0.05, 0) is 36.1 Å². The zero-order chi connectivity index (χ0) is 13.9. The lowest BCUT2D eigenvalue weighted by Gasteiger charge is -2.22. The first-order valence-electron chi connectivity index (χ1n) is 6.35. The molecule has 4 heteroatoms. The minimum absolute atomic E-state index is 0.0454. The Hall–Kier alpha value is -1.20. The molecule has 2 aliphatic rings. The van der Waals surface area contributed by atoms with Crippen molar-refractivity contribution in [2.75, 3.05) is 26.4 Å². The molecule has 0 unspecified atom stereocenters. The standard InChI is InChI=1S/C15H20O4/c1-15(2)18-9-13-5-11(7-16)3-4-12(8-17)6-14(13)10-19-15/h3-6,16-17H,7-10H2,1-2H3/b4-3-,11-3?,11-5+,12-4?,12-6+,13-5?,14-6?. The van der Waals surface area contributed by atoms with Gasteiger partial charge in [-0.25, -0.2) is 0 Å². The van der Waals surface area contributed by atoms with Gasteiger partial charge in [0.25, 0.3) is 0 Å². The van der Waals surface area contributed by atoms with Gasteiger partial charge in [0.05, 0.1) is 26.4 Å². The molecule has 0 aromatic carbocycles. The second-order valence-corrected chi connectivity index (χ2v) is 5.12. The molecule has 2 N–H and O–H groups in total. The van der Waals surface area contributed by atoms with Crippen LogP contribution in [0.25, 0.3) is 0 Å². The summed E-state index contributed by atoms with van der Waals surface area (Å²) >= 11 is 0. The van der Waals surface area contributed by atoms with Gasteiger partial charge < -0.3 is 19.7 Å². The van der Waals surface area contributed by atoms with Crippen molar-refractivity contribution in [1.82, 2.24) is 0 Å². The van der Waals surface area contributed by atoms with Crippen molar-refractivity contribution in [2.24, 2.45) is 0 Å². The van der Waals surface area contributed by atoms with Crippen LogP contribution in [0.3, 0.4) is 0 Å². The molecule has 1 heterocycles. The third kappa shape index (κ3) is 3.64. The molecule has 0 amide bonds. The van der Waals surface area contributed by atoms with Crippen molar-refractivity contribution in [3.05, 3.63) is 46.6 Å². The molecular formula is C15H20O4. The summed E-state index contributed by atoms with van der Waals surface area (Å²) in [6.07, 6.45) is 7.45. The Bertz CT molecular complexity index is 427. The highest BCUT2D eigenvalue weighted by molar-refractivity contribution is 5.46. The molecule has 1 aliphatic heterocycles. The summed E-state index contributed by atoms with van der Waals surface area (Å²) in [5, 5.41) is 18.7. The number of rotatable bonds is 2. The molecule has 104 valence electrons. The molecule has 0 radical (unpaired) electrons. The Morgan fingerprint density at radius 2 is 1.37 bits per heavy atom. The van der Waals surface area contributed by atoms with Crippen molar-refractivity contribution >= 4 is 0 Å². The predicted octanol–water partition coefficient (Wildman–Crippen LogP) is 1.47. The monoisotopic (exact) mass is 264 g/mol. The summed E-state index contributed by atoms with van der Waals surface area (Å²) in [5.41, 5.74) is 3.53. The highest BCUT2D eigenvalue weighted by atomic mass is 16.7. The second-order valence-electron chi connectivity index (χ2n) is 5.12. The first kappa shape index (κ1) is 14.2. The molecule has 0 aromatic heterocycles. The Morgan fingerprint density at radius 3 is 1.74 bits per heavy atom. The van der Waals surface area contributed by atoms with Gasteiger partial charge in [0, 0.05) is 0 Å². The molecule has 0 aromatic rings. The normalized spacial score (nSPS) is 30.1. The van der Waals surface area contributed by atoms with Gasteiger partial charge in [-0.1, -0.05) is 24.3 Å². The molecule has 2 rings (SSSR count). The number of aliphatic hydroxyl groups excluding tert-OH is 2. The molecular weight excluding hydrogens is 244 g/mol. The Balaban J connectivity index is 2.38.